The molecule has 1 N–H and O–H groups in total. The van der Waals surface area contributed by atoms with Crippen molar-refractivity contribution in [3.8, 4) is 0 Å². The highest BCUT2D eigenvalue weighted by molar-refractivity contribution is 6.19. The molecule has 1 amide bonds. The van der Waals surface area contributed by atoms with Crippen LogP contribution in [0.2, 0.25) is 0 Å². The number of carbonyl (C=O) groups is 1. The van der Waals surface area contributed by atoms with Gasteiger partial charge in [-0.15, -0.1) is 11.6 Å². The van der Waals surface area contributed by atoms with Crippen molar-refractivity contribution < 1.29 is 4.79 Å². The van der Waals surface area contributed by atoms with Gasteiger partial charge in [-0.3, -0.25) is 4.79 Å². The third kappa shape index (κ3) is 3.11. The first-order chi connectivity index (χ1) is 10.1. The molecule has 2 aliphatic rings. The van der Waals surface area contributed by atoms with Gasteiger partial charge in [-0.05, 0) is 74.1 Å². The Hall–Kier alpha value is -1.02. The summed E-state index contributed by atoms with van der Waals surface area (Å²) < 4.78 is 0. The van der Waals surface area contributed by atoms with E-state index in [9.17, 15) is 4.79 Å². The van der Waals surface area contributed by atoms with Gasteiger partial charge in [0.2, 0.25) is 0 Å². The first kappa shape index (κ1) is 14.9. The standard InChI is InChI=1S/C18H24ClNO/c1-13-7-9-18(12-19,10-8-13)20-17(21)16-6-5-14-3-2-4-15(14)11-16/h5-6,11,13H,2-4,7-10,12H2,1H3,(H,20,21). The van der Waals surface area contributed by atoms with Crippen LogP contribution in [-0.2, 0) is 12.8 Å². The minimum Gasteiger partial charge on any atom is -0.345 e. The first-order valence-electron chi connectivity index (χ1n) is 8.12. The number of halogens is 1. The predicted molar refractivity (Wildman–Crippen MR) is 87.0 cm³/mol. The fraction of sp³-hybridized carbons (Fsp3) is 0.611. The number of alkyl halides is 1. The van der Waals surface area contributed by atoms with Crippen LogP contribution in [0.15, 0.2) is 18.2 Å². The lowest BCUT2D eigenvalue weighted by molar-refractivity contribution is 0.0872. The van der Waals surface area contributed by atoms with E-state index in [0.717, 1.165) is 50.0 Å². The third-order valence-corrected chi connectivity index (χ3v) is 5.74. The van der Waals surface area contributed by atoms with E-state index in [0.29, 0.717) is 5.88 Å². The minimum atomic E-state index is -0.204. The predicted octanol–water partition coefficient (Wildman–Crippen LogP) is 4.09. The van der Waals surface area contributed by atoms with Gasteiger partial charge in [0, 0.05) is 11.4 Å². The molecule has 1 fully saturated rings. The summed E-state index contributed by atoms with van der Waals surface area (Å²) >= 11 is 6.20. The molecule has 0 aliphatic heterocycles. The van der Waals surface area contributed by atoms with Gasteiger partial charge in [0.25, 0.3) is 5.91 Å². The Bertz CT molecular complexity index is 532. The van der Waals surface area contributed by atoms with E-state index in [1.54, 1.807) is 0 Å². The number of rotatable bonds is 3. The summed E-state index contributed by atoms with van der Waals surface area (Å²) in [5.41, 5.74) is 3.34. The Morgan fingerprint density at radius 2 is 2.00 bits per heavy atom. The van der Waals surface area contributed by atoms with E-state index in [4.69, 9.17) is 11.6 Å². The van der Waals surface area contributed by atoms with Crippen molar-refractivity contribution in [1.29, 1.82) is 0 Å². The van der Waals surface area contributed by atoms with E-state index < -0.39 is 0 Å². The number of nitrogens with one attached hydrogen (secondary N) is 1. The van der Waals surface area contributed by atoms with Gasteiger partial charge in [-0.25, -0.2) is 0 Å². The van der Waals surface area contributed by atoms with Crippen molar-refractivity contribution in [2.75, 3.05) is 5.88 Å². The molecule has 0 aromatic heterocycles. The lowest BCUT2D eigenvalue weighted by Gasteiger charge is -2.38. The summed E-state index contributed by atoms with van der Waals surface area (Å²) in [5, 5.41) is 3.24. The van der Waals surface area contributed by atoms with Gasteiger partial charge in [-0.2, -0.15) is 0 Å². The highest BCUT2D eigenvalue weighted by Gasteiger charge is 2.35. The maximum atomic E-state index is 12.6. The smallest absolute Gasteiger partial charge is 0.251 e. The SMILES string of the molecule is CC1CCC(CCl)(NC(=O)c2ccc3c(c2)CCC3)CC1. The van der Waals surface area contributed by atoms with Crippen molar-refractivity contribution in [2.45, 2.75) is 57.4 Å². The van der Waals surface area contributed by atoms with Gasteiger partial charge < -0.3 is 5.32 Å². The second-order valence-electron chi connectivity index (χ2n) is 6.89. The quantitative estimate of drug-likeness (QED) is 0.837. The second-order valence-corrected chi connectivity index (χ2v) is 7.15. The molecule has 1 aromatic rings. The number of fused-ring (bicyclic) bond motifs is 1. The maximum Gasteiger partial charge on any atom is 0.251 e. The molecule has 0 heterocycles. The molecule has 114 valence electrons. The Labute approximate surface area is 132 Å². The number of benzene rings is 1. The molecule has 3 heteroatoms. The zero-order valence-electron chi connectivity index (χ0n) is 12.8. The van der Waals surface area contributed by atoms with Crippen LogP contribution in [0, 0.1) is 5.92 Å². The molecule has 0 radical (unpaired) electrons. The van der Waals surface area contributed by atoms with Crippen LogP contribution >= 0.6 is 11.6 Å². The van der Waals surface area contributed by atoms with Crippen molar-refractivity contribution in [3.05, 3.63) is 34.9 Å². The number of carbonyl (C=O) groups excluding carboxylic acids is 1. The zero-order chi connectivity index (χ0) is 14.9. The Morgan fingerprint density at radius 3 is 2.71 bits per heavy atom. The van der Waals surface area contributed by atoms with Gasteiger partial charge >= 0.3 is 0 Å². The molecular formula is C18H24ClNO. The van der Waals surface area contributed by atoms with Crippen LogP contribution in [0.5, 0.6) is 0 Å². The van der Waals surface area contributed by atoms with E-state index in [-0.39, 0.29) is 11.4 Å². The van der Waals surface area contributed by atoms with Crippen molar-refractivity contribution in [1.82, 2.24) is 5.32 Å². The summed E-state index contributed by atoms with van der Waals surface area (Å²) in [5.74, 6) is 1.30. The van der Waals surface area contributed by atoms with Crippen LogP contribution in [0.4, 0.5) is 0 Å². The second kappa shape index (κ2) is 6.00. The summed E-state index contributed by atoms with van der Waals surface area (Å²) in [6, 6.07) is 6.16. The average molecular weight is 306 g/mol. The zero-order valence-corrected chi connectivity index (χ0v) is 13.5. The lowest BCUT2D eigenvalue weighted by Crippen LogP contribution is -2.52. The Balaban J connectivity index is 1.73. The van der Waals surface area contributed by atoms with Crippen molar-refractivity contribution >= 4 is 17.5 Å². The van der Waals surface area contributed by atoms with E-state index in [2.05, 4.69) is 24.4 Å². The van der Waals surface area contributed by atoms with Crippen LogP contribution in [0.1, 0.15) is 60.5 Å². The average Bonchev–Trinajstić information content (AvgIpc) is 2.97. The highest BCUT2D eigenvalue weighted by Crippen LogP contribution is 2.33. The van der Waals surface area contributed by atoms with E-state index in [1.807, 2.05) is 6.07 Å². The van der Waals surface area contributed by atoms with Gasteiger partial charge in [0.15, 0.2) is 0 Å². The van der Waals surface area contributed by atoms with Gasteiger partial charge in [0.1, 0.15) is 0 Å². The number of hydrogen-bond acceptors (Lipinski definition) is 1. The third-order valence-electron chi connectivity index (χ3n) is 5.23. The molecule has 0 atom stereocenters. The molecule has 0 saturated heterocycles. The number of amides is 1. The molecule has 3 rings (SSSR count). The van der Waals surface area contributed by atoms with E-state index in [1.165, 1.54) is 17.5 Å². The fourth-order valence-corrected chi connectivity index (χ4v) is 3.97. The lowest BCUT2D eigenvalue weighted by atomic mass is 9.78. The van der Waals surface area contributed by atoms with Crippen LogP contribution in [0.3, 0.4) is 0 Å². The largest absolute Gasteiger partial charge is 0.345 e. The summed E-state index contributed by atoms with van der Waals surface area (Å²) in [6.45, 7) is 2.28. The summed E-state index contributed by atoms with van der Waals surface area (Å²) in [6.07, 6.45) is 7.76. The molecular weight excluding hydrogens is 282 g/mol. The molecule has 1 aromatic carbocycles. The molecule has 0 bridgehead atoms. The van der Waals surface area contributed by atoms with E-state index >= 15 is 0 Å². The normalized spacial score (nSPS) is 28.2. The highest BCUT2D eigenvalue weighted by atomic mass is 35.5. The molecule has 1 saturated carbocycles. The Kier molecular flexibility index (Phi) is 4.26. The molecule has 0 spiro atoms. The molecule has 0 unspecified atom stereocenters. The summed E-state index contributed by atoms with van der Waals surface area (Å²) in [4.78, 5) is 12.6. The van der Waals surface area contributed by atoms with Crippen molar-refractivity contribution in [3.63, 3.8) is 0 Å². The summed E-state index contributed by atoms with van der Waals surface area (Å²) in [7, 11) is 0. The number of hydrogen-bond donors (Lipinski definition) is 1. The van der Waals surface area contributed by atoms with Crippen LogP contribution < -0.4 is 5.32 Å². The Morgan fingerprint density at radius 1 is 1.29 bits per heavy atom. The topological polar surface area (TPSA) is 29.1 Å². The van der Waals surface area contributed by atoms with Crippen molar-refractivity contribution in [2.24, 2.45) is 5.92 Å². The maximum absolute atomic E-state index is 12.6. The number of aryl methyl sites for hydroxylation is 2. The van der Waals surface area contributed by atoms with Crippen LogP contribution in [-0.4, -0.2) is 17.3 Å². The minimum absolute atomic E-state index is 0.0416. The molecule has 21 heavy (non-hydrogen) atoms. The monoisotopic (exact) mass is 305 g/mol. The fourth-order valence-electron chi connectivity index (χ4n) is 3.63. The van der Waals surface area contributed by atoms with Gasteiger partial charge in [-0.1, -0.05) is 13.0 Å². The first-order valence-corrected chi connectivity index (χ1v) is 8.66. The molecule has 2 nitrogen and oxygen atoms in total. The molecule has 2 aliphatic carbocycles. The van der Waals surface area contributed by atoms with Crippen LogP contribution in [0.25, 0.3) is 0 Å². The van der Waals surface area contributed by atoms with Gasteiger partial charge in [0.05, 0.1) is 5.54 Å².